The highest BCUT2D eigenvalue weighted by Gasteiger charge is 2.06. The highest BCUT2D eigenvalue weighted by molar-refractivity contribution is 7.79. The zero-order chi connectivity index (χ0) is 14.2. The van der Waals surface area contributed by atoms with E-state index in [1.807, 2.05) is 31.3 Å². The van der Waals surface area contributed by atoms with E-state index >= 15 is 0 Å². The van der Waals surface area contributed by atoms with E-state index in [2.05, 4.69) is 40.2 Å². The first-order chi connectivity index (χ1) is 9.83. The second-order valence-corrected chi connectivity index (χ2v) is 4.76. The van der Waals surface area contributed by atoms with E-state index in [0.717, 1.165) is 18.7 Å². The Balaban J connectivity index is 2.19. The minimum Gasteiger partial charge on any atom is -0.363 e. The van der Waals surface area contributed by atoms with Crippen molar-refractivity contribution in [3.8, 4) is 0 Å². The van der Waals surface area contributed by atoms with Crippen LogP contribution in [-0.4, -0.2) is 16.9 Å². The smallest absolute Gasteiger partial charge is 0.0448 e. The molecule has 1 heterocycles. The first kappa shape index (κ1) is 14.4. The van der Waals surface area contributed by atoms with Crippen LogP contribution in [0.15, 0.2) is 60.9 Å². The normalized spacial score (nSPS) is 10.7. The van der Waals surface area contributed by atoms with E-state index in [9.17, 15) is 0 Å². The molecule has 0 radical (unpaired) electrons. The van der Waals surface area contributed by atoms with Gasteiger partial charge in [0.25, 0.3) is 0 Å². The summed E-state index contributed by atoms with van der Waals surface area (Å²) in [5.41, 5.74) is 3.46. The highest BCUT2D eigenvalue weighted by atomic mass is 32.1. The van der Waals surface area contributed by atoms with Crippen LogP contribution in [0.25, 0.3) is 0 Å². The topological polar surface area (TPSA) is 16.1 Å². The number of hydrogen-bond acceptors (Lipinski definition) is 3. The summed E-state index contributed by atoms with van der Waals surface area (Å²) in [6.07, 6.45) is 7.94. The fourth-order valence-electron chi connectivity index (χ4n) is 1.97. The molecule has 2 nitrogen and oxygen atoms in total. The predicted molar refractivity (Wildman–Crippen MR) is 89.3 cm³/mol. The van der Waals surface area contributed by atoms with Crippen LogP contribution in [-0.2, 0) is 6.54 Å². The molecule has 0 atom stereocenters. The molecule has 3 heteroatoms. The molecule has 0 spiro atoms. The van der Waals surface area contributed by atoms with Crippen LogP contribution >= 0.6 is 12.2 Å². The average Bonchev–Trinajstić information content (AvgIpc) is 2.52. The van der Waals surface area contributed by atoms with Gasteiger partial charge in [0.1, 0.15) is 0 Å². The van der Waals surface area contributed by atoms with E-state index in [1.165, 1.54) is 11.3 Å². The molecule has 0 aliphatic heterocycles. The molecule has 1 aromatic carbocycles. The van der Waals surface area contributed by atoms with Crippen molar-refractivity contribution in [1.29, 1.82) is 0 Å². The maximum Gasteiger partial charge on any atom is 0.0448 e. The SMILES string of the molecule is CC=CCN(Cc1cccnc1)c1ccc(C=S)cc1. The number of rotatable bonds is 6. The summed E-state index contributed by atoms with van der Waals surface area (Å²) in [4.78, 5) is 6.49. The fourth-order valence-corrected chi connectivity index (χ4v) is 2.13. The summed E-state index contributed by atoms with van der Waals surface area (Å²) in [6.45, 7) is 3.76. The van der Waals surface area contributed by atoms with Gasteiger partial charge in [0.05, 0.1) is 0 Å². The van der Waals surface area contributed by atoms with Crippen LogP contribution in [0.2, 0.25) is 0 Å². The third-order valence-corrected chi connectivity index (χ3v) is 3.32. The lowest BCUT2D eigenvalue weighted by atomic mass is 10.2. The van der Waals surface area contributed by atoms with E-state index in [0.29, 0.717) is 0 Å². The second kappa shape index (κ2) is 7.56. The van der Waals surface area contributed by atoms with E-state index < -0.39 is 0 Å². The largest absolute Gasteiger partial charge is 0.363 e. The Morgan fingerprint density at radius 2 is 2.00 bits per heavy atom. The summed E-state index contributed by atoms with van der Waals surface area (Å²) >= 11 is 4.94. The predicted octanol–water partition coefficient (Wildman–Crippen LogP) is 4.01. The third-order valence-electron chi connectivity index (χ3n) is 3.05. The van der Waals surface area contributed by atoms with Crippen molar-refractivity contribution < 1.29 is 0 Å². The average molecular weight is 282 g/mol. The lowest BCUT2D eigenvalue weighted by Gasteiger charge is -2.23. The van der Waals surface area contributed by atoms with Gasteiger partial charge in [0, 0.05) is 36.5 Å². The van der Waals surface area contributed by atoms with Gasteiger partial charge >= 0.3 is 0 Å². The zero-order valence-electron chi connectivity index (χ0n) is 11.6. The molecule has 0 unspecified atom stereocenters. The fraction of sp³-hybridized carbons (Fsp3) is 0.176. The van der Waals surface area contributed by atoms with E-state index in [4.69, 9.17) is 12.2 Å². The minimum absolute atomic E-state index is 0.842. The van der Waals surface area contributed by atoms with E-state index in [1.54, 1.807) is 11.6 Å². The molecule has 0 saturated carbocycles. The molecule has 2 aromatic rings. The molecule has 0 aliphatic rings. The molecule has 0 amide bonds. The summed E-state index contributed by atoms with van der Waals surface area (Å²) < 4.78 is 0. The van der Waals surface area contributed by atoms with E-state index in [-0.39, 0.29) is 0 Å². The Labute approximate surface area is 125 Å². The van der Waals surface area contributed by atoms with Crippen molar-refractivity contribution in [1.82, 2.24) is 4.98 Å². The summed E-state index contributed by atoms with van der Waals surface area (Å²) in [5, 5.41) is 1.70. The maximum absolute atomic E-state index is 4.94. The van der Waals surface area contributed by atoms with Gasteiger partial charge in [-0.2, -0.15) is 0 Å². The monoisotopic (exact) mass is 282 g/mol. The zero-order valence-corrected chi connectivity index (χ0v) is 12.4. The third kappa shape index (κ3) is 4.00. The lowest BCUT2D eigenvalue weighted by molar-refractivity contribution is 0.861. The first-order valence-corrected chi connectivity index (χ1v) is 7.11. The molecule has 0 saturated heterocycles. The van der Waals surface area contributed by atoms with Gasteiger partial charge < -0.3 is 4.90 Å². The molecule has 0 N–H and O–H groups in total. The Morgan fingerprint density at radius 3 is 2.60 bits per heavy atom. The molecule has 1 aromatic heterocycles. The van der Waals surface area contributed by atoms with Crippen LogP contribution in [0.3, 0.4) is 0 Å². The first-order valence-electron chi connectivity index (χ1n) is 6.63. The molecule has 0 bridgehead atoms. The van der Waals surface area contributed by atoms with Crippen molar-refractivity contribution in [3.05, 3.63) is 72.1 Å². The molecular formula is C17H18N2S. The second-order valence-electron chi connectivity index (χ2n) is 4.52. The summed E-state index contributed by atoms with van der Waals surface area (Å²) in [7, 11) is 0. The Bertz CT molecular complexity index is 561. The van der Waals surface area contributed by atoms with Gasteiger partial charge in [-0.15, -0.1) is 0 Å². The van der Waals surface area contributed by atoms with Crippen LogP contribution in [0.4, 0.5) is 5.69 Å². The van der Waals surface area contributed by atoms with Crippen molar-refractivity contribution in [2.75, 3.05) is 11.4 Å². The number of hydrogen-bond donors (Lipinski definition) is 0. The van der Waals surface area contributed by atoms with Gasteiger partial charge in [-0.25, -0.2) is 0 Å². The number of thiocarbonyl (C=S) groups is 1. The van der Waals surface area contributed by atoms with Crippen LogP contribution < -0.4 is 4.90 Å². The number of allylic oxidation sites excluding steroid dienone is 1. The van der Waals surface area contributed by atoms with Crippen LogP contribution in [0.5, 0.6) is 0 Å². The number of nitrogens with zero attached hydrogens (tertiary/aromatic N) is 2. The Kier molecular flexibility index (Phi) is 5.44. The summed E-state index contributed by atoms with van der Waals surface area (Å²) in [5.74, 6) is 0. The molecule has 0 aliphatic carbocycles. The van der Waals surface area contributed by atoms with Crippen LogP contribution in [0.1, 0.15) is 18.1 Å². The number of anilines is 1. The number of pyridine rings is 1. The molecule has 20 heavy (non-hydrogen) atoms. The quantitative estimate of drug-likeness (QED) is 0.588. The van der Waals surface area contributed by atoms with Gasteiger partial charge in [-0.05, 0) is 36.2 Å². The minimum atomic E-state index is 0.842. The Hall–Kier alpha value is -2.00. The molecule has 102 valence electrons. The Morgan fingerprint density at radius 1 is 1.20 bits per heavy atom. The highest BCUT2D eigenvalue weighted by Crippen LogP contribution is 2.17. The van der Waals surface area contributed by atoms with Crippen LogP contribution in [0, 0.1) is 0 Å². The van der Waals surface area contributed by atoms with Gasteiger partial charge in [0.15, 0.2) is 0 Å². The number of aromatic nitrogens is 1. The van der Waals surface area contributed by atoms with Crippen molar-refractivity contribution >= 4 is 23.3 Å². The lowest BCUT2D eigenvalue weighted by Crippen LogP contribution is -2.22. The molecular weight excluding hydrogens is 264 g/mol. The van der Waals surface area contributed by atoms with Crippen molar-refractivity contribution in [2.24, 2.45) is 0 Å². The van der Waals surface area contributed by atoms with Crippen molar-refractivity contribution in [3.63, 3.8) is 0 Å². The maximum atomic E-state index is 4.94. The standard InChI is InChI=1S/C17H18N2S/c1-2-3-11-19(13-16-5-4-10-18-12-16)17-8-6-15(14-20)7-9-17/h2-10,12,14H,11,13H2,1H3. The van der Waals surface area contributed by atoms with Gasteiger partial charge in [-0.3, -0.25) is 4.98 Å². The molecule has 2 rings (SSSR count). The van der Waals surface area contributed by atoms with Gasteiger partial charge in [-0.1, -0.05) is 42.6 Å². The summed E-state index contributed by atoms with van der Waals surface area (Å²) in [6, 6.07) is 12.4. The van der Waals surface area contributed by atoms with Crippen molar-refractivity contribution in [2.45, 2.75) is 13.5 Å². The molecule has 0 fully saturated rings. The number of benzene rings is 1. The van der Waals surface area contributed by atoms with Gasteiger partial charge in [0.2, 0.25) is 0 Å².